The summed E-state index contributed by atoms with van der Waals surface area (Å²) >= 11 is 6.02. The summed E-state index contributed by atoms with van der Waals surface area (Å²) in [5.41, 5.74) is 1.47. The summed E-state index contributed by atoms with van der Waals surface area (Å²) < 4.78 is 13.1. The van der Waals surface area contributed by atoms with E-state index < -0.39 is 0 Å². The molecule has 0 aromatic carbocycles. The Morgan fingerprint density at radius 3 is 2.95 bits per heavy atom. The molecule has 1 atom stereocenters. The second kappa shape index (κ2) is 5.22. The van der Waals surface area contributed by atoms with Gasteiger partial charge in [-0.05, 0) is 25.8 Å². The number of ether oxygens (including phenoxy) is 2. The van der Waals surface area contributed by atoms with E-state index in [1.54, 1.807) is 7.11 Å². The van der Waals surface area contributed by atoms with Crippen LogP contribution in [0.25, 0.3) is 11.2 Å². The molecule has 108 valence electrons. The molecule has 2 aromatic heterocycles. The molecule has 0 saturated carbocycles. The Morgan fingerprint density at radius 2 is 2.30 bits per heavy atom. The Hall–Kier alpha value is -1.33. The molecular formula is C14H18ClN3O2. The molecule has 6 heteroatoms. The van der Waals surface area contributed by atoms with Crippen LogP contribution in [0.5, 0.6) is 5.88 Å². The third-order valence-corrected chi connectivity index (χ3v) is 4.01. The van der Waals surface area contributed by atoms with Crippen LogP contribution in [0.4, 0.5) is 0 Å². The van der Waals surface area contributed by atoms with Crippen LogP contribution in [0.15, 0.2) is 12.1 Å². The number of fused-ring (bicyclic) bond motifs is 1. The highest BCUT2D eigenvalue weighted by Gasteiger charge is 2.31. The molecule has 3 rings (SSSR count). The molecule has 1 fully saturated rings. The van der Waals surface area contributed by atoms with Gasteiger partial charge in [-0.2, -0.15) is 4.98 Å². The lowest BCUT2D eigenvalue weighted by Gasteiger charge is -2.24. The molecular weight excluding hydrogens is 278 g/mol. The minimum absolute atomic E-state index is 0.167. The lowest BCUT2D eigenvalue weighted by molar-refractivity contribution is 0.00648. The summed E-state index contributed by atoms with van der Waals surface area (Å²) in [6.45, 7) is 3.66. The first-order chi connectivity index (χ1) is 9.65. The van der Waals surface area contributed by atoms with E-state index in [-0.39, 0.29) is 5.60 Å². The molecule has 20 heavy (non-hydrogen) atoms. The van der Waals surface area contributed by atoms with Gasteiger partial charge in [-0.15, -0.1) is 11.6 Å². The number of aromatic nitrogens is 3. The Balaban J connectivity index is 2.06. The van der Waals surface area contributed by atoms with Crippen LogP contribution in [0.3, 0.4) is 0 Å². The largest absolute Gasteiger partial charge is 0.481 e. The van der Waals surface area contributed by atoms with Crippen LogP contribution in [0.1, 0.15) is 25.6 Å². The zero-order valence-corrected chi connectivity index (χ0v) is 12.5. The molecule has 1 saturated heterocycles. The molecule has 0 spiro atoms. The third-order valence-electron chi connectivity index (χ3n) is 3.77. The molecule has 3 heterocycles. The number of imidazole rings is 1. The van der Waals surface area contributed by atoms with Gasteiger partial charge >= 0.3 is 0 Å². The van der Waals surface area contributed by atoms with Gasteiger partial charge in [0, 0.05) is 12.7 Å². The van der Waals surface area contributed by atoms with Crippen molar-refractivity contribution in [3.63, 3.8) is 0 Å². The first kappa shape index (κ1) is 13.6. The van der Waals surface area contributed by atoms with Crippen molar-refractivity contribution >= 4 is 22.8 Å². The summed E-state index contributed by atoms with van der Waals surface area (Å²) in [6, 6.07) is 3.72. The maximum atomic E-state index is 6.02. The Bertz CT molecular complexity index is 620. The molecule has 0 aliphatic carbocycles. The van der Waals surface area contributed by atoms with E-state index in [0.29, 0.717) is 18.3 Å². The van der Waals surface area contributed by atoms with Crippen LogP contribution >= 0.6 is 11.6 Å². The Morgan fingerprint density at radius 1 is 1.45 bits per heavy atom. The van der Waals surface area contributed by atoms with Crippen molar-refractivity contribution < 1.29 is 9.47 Å². The van der Waals surface area contributed by atoms with Crippen LogP contribution in [0, 0.1) is 0 Å². The maximum absolute atomic E-state index is 6.02. The van der Waals surface area contributed by atoms with E-state index in [1.807, 2.05) is 12.1 Å². The zero-order chi connectivity index (χ0) is 14.2. The van der Waals surface area contributed by atoms with Gasteiger partial charge in [-0.25, -0.2) is 4.98 Å². The quantitative estimate of drug-likeness (QED) is 0.814. The predicted octanol–water partition coefficient (Wildman–Crippen LogP) is 2.75. The first-order valence-corrected chi connectivity index (χ1v) is 7.29. The topological polar surface area (TPSA) is 49.2 Å². The minimum atomic E-state index is -0.167. The minimum Gasteiger partial charge on any atom is -0.481 e. The van der Waals surface area contributed by atoms with Crippen molar-refractivity contribution in [2.45, 2.75) is 37.8 Å². The standard InChI is InChI=1S/C14H18ClN3O2/c1-14(6-3-7-20-14)9-18-11(8-15)16-10-4-5-12(19-2)17-13(10)18/h4-5H,3,6-9H2,1-2H3. The van der Waals surface area contributed by atoms with Gasteiger partial charge in [-0.3, -0.25) is 0 Å². The highest BCUT2D eigenvalue weighted by atomic mass is 35.5. The van der Waals surface area contributed by atoms with Gasteiger partial charge in [0.1, 0.15) is 11.3 Å². The van der Waals surface area contributed by atoms with E-state index in [4.69, 9.17) is 21.1 Å². The van der Waals surface area contributed by atoms with Crippen molar-refractivity contribution in [1.82, 2.24) is 14.5 Å². The van der Waals surface area contributed by atoms with Gasteiger partial charge in [0.2, 0.25) is 5.88 Å². The summed E-state index contributed by atoms with van der Waals surface area (Å²) in [6.07, 6.45) is 2.13. The summed E-state index contributed by atoms with van der Waals surface area (Å²) in [5, 5.41) is 0. The highest BCUT2D eigenvalue weighted by molar-refractivity contribution is 6.16. The number of rotatable bonds is 4. The molecule has 0 bridgehead atoms. The molecule has 5 nitrogen and oxygen atoms in total. The number of hydrogen-bond acceptors (Lipinski definition) is 4. The van der Waals surface area contributed by atoms with Crippen molar-refractivity contribution in [3.05, 3.63) is 18.0 Å². The number of methoxy groups -OCH3 is 1. The maximum Gasteiger partial charge on any atom is 0.215 e. The number of pyridine rings is 1. The lowest BCUT2D eigenvalue weighted by Crippen LogP contribution is -2.30. The van der Waals surface area contributed by atoms with Crippen molar-refractivity contribution in [1.29, 1.82) is 0 Å². The van der Waals surface area contributed by atoms with E-state index in [0.717, 1.165) is 36.4 Å². The first-order valence-electron chi connectivity index (χ1n) is 6.75. The molecule has 1 aliphatic rings. The van der Waals surface area contributed by atoms with E-state index in [1.165, 1.54) is 0 Å². The van der Waals surface area contributed by atoms with Gasteiger partial charge in [0.25, 0.3) is 0 Å². The second-order valence-electron chi connectivity index (χ2n) is 5.35. The molecule has 0 amide bonds. The van der Waals surface area contributed by atoms with Gasteiger partial charge in [0.05, 0.1) is 25.1 Å². The van der Waals surface area contributed by atoms with Gasteiger partial charge < -0.3 is 14.0 Å². The van der Waals surface area contributed by atoms with Gasteiger partial charge in [-0.1, -0.05) is 0 Å². The monoisotopic (exact) mass is 295 g/mol. The summed E-state index contributed by atoms with van der Waals surface area (Å²) in [7, 11) is 1.61. The fourth-order valence-electron chi connectivity index (χ4n) is 2.71. The Labute approximate surface area is 122 Å². The zero-order valence-electron chi connectivity index (χ0n) is 11.7. The average Bonchev–Trinajstić information content (AvgIpc) is 3.03. The van der Waals surface area contributed by atoms with Gasteiger partial charge in [0.15, 0.2) is 5.65 Å². The van der Waals surface area contributed by atoms with E-state index in [2.05, 4.69) is 21.5 Å². The summed E-state index contributed by atoms with van der Waals surface area (Å²) in [5.74, 6) is 1.76. The number of halogens is 1. The molecule has 0 radical (unpaired) electrons. The predicted molar refractivity (Wildman–Crippen MR) is 77.2 cm³/mol. The van der Waals surface area contributed by atoms with Crippen LogP contribution in [-0.4, -0.2) is 33.9 Å². The number of alkyl halides is 1. The van der Waals surface area contributed by atoms with Crippen LogP contribution in [-0.2, 0) is 17.2 Å². The highest BCUT2D eigenvalue weighted by Crippen LogP contribution is 2.29. The fraction of sp³-hybridized carbons (Fsp3) is 0.571. The number of hydrogen-bond donors (Lipinski definition) is 0. The summed E-state index contributed by atoms with van der Waals surface area (Å²) in [4.78, 5) is 9.04. The third kappa shape index (κ3) is 2.36. The van der Waals surface area contributed by atoms with Crippen molar-refractivity contribution in [3.8, 4) is 5.88 Å². The normalized spacial score (nSPS) is 22.6. The van der Waals surface area contributed by atoms with Crippen molar-refractivity contribution in [2.24, 2.45) is 0 Å². The second-order valence-corrected chi connectivity index (χ2v) is 5.61. The molecule has 0 N–H and O–H groups in total. The van der Waals surface area contributed by atoms with Crippen molar-refractivity contribution in [2.75, 3.05) is 13.7 Å². The molecule has 1 unspecified atom stereocenters. The average molecular weight is 296 g/mol. The number of nitrogens with zero attached hydrogens (tertiary/aromatic N) is 3. The fourth-order valence-corrected chi connectivity index (χ4v) is 2.91. The smallest absolute Gasteiger partial charge is 0.215 e. The van der Waals surface area contributed by atoms with E-state index >= 15 is 0 Å². The Kier molecular flexibility index (Phi) is 3.56. The van der Waals surface area contributed by atoms with E-state index in [9.17, 15) is 0 Å². The SMILES string of the molecule is COc1ccc2nc(CCl)n(CC3(C)CCCO3)c2n1. The van der Waals surface area contributed by atoms with Crippen LogP contribution < -0.4 is 4.74 Å². The van der Waals surface area contributed by atoms with Crippen LogP contribution in [0.2, 0.25) is 0 Å². The lowest BCUT2D eigenvalue weighted by atomic mass is 10.0. The molecule has 1 aliphatic heterocycles. The molecule has 2 aromatic rings.